The SMILES string of the molecule is C=NOCc1ccccc1C(=N)C(=O)OC.CCC.CCCC. The van der Waals surface area contributed by atoms with E-state index in [2.05, 4.69) is 44.3 Å². The van der Waals surface area contributed by atoms with Gasteiger partial charge in [-0.2, -0.15) is 0 Å². The number of hydrogen-bond donors (Lipinski definition) is 1. The second-order valence-corrected chi connectivity index (χ2v) is 4.63. The van der Waals surface area contributed by atoms with Gasteiger partial charge in [-0.05, 0) is 0 Å². The van der Waals surface area contributed by atoms with E-state index >= 15 is 0 Å². The summed E-state index contributed by atoms with van der Waals surface area (Å²) >= 11 is 0. The lowest BCUT2D eigenvalue weighted by Crippen LogP contribution is -2.17. The first-order valence-corrected chi connectivity index (χ1v) is 7.86. The van der Waals surface area contributed by atoms with E-state index < -0.39 is 5.97 Å². The van der Waals surface area contributed by atoms with Gasteiger partial charge < -0.3 is 9.57 Å². The van der Waals surface area contributed by atoms with Crippen LogP contribution in [0.3, 0.4) is 0 Å². The highest BCUT2D eigenvalue weighted by Gasteiger charge is 2.15. The number of carbonyl (C=O) groups excluding carboxylic acids is 1. The van der Waals surface area contributed by atoms with E-state index in [0.29, 0.717) is 11.1 Å². The third-order valence-electron chi connectivity index (χ3n) is 2.49. The largest absolute Gasteiger partial charge is 0.464 e. The molecule has 0 fully saturated rings. The number of esters is 1. The second-order valence-electron chi connectivity index (χ2n) is 4.63. The maximum Gasteiger partial charge on any atom is 0.356 e. The van der Waals surface area contributed by atoms with E-state index in [-0.39, 0.29) is 12.3 Å². The minimum absolute atomic E-state index is 0.166. The summed E-state index contributed by atoms with van der Waals surface area (Å²) in [4.78, 5) is 16.0. The molecule has 0 aliphatic heterocycles. The first kappa shape index (κ1) is 23.1. The fourth-order valence-electron chi connectivity index (χ4n) is 1.22. The Morgan fingerprint density at radius 1 is 1.17 bits per heavy atom. The van der Waals surface area contributed by atoms with Crippen molar-refractivity contribution in [2.75, 3.05) is 7.11 Å². The van der Waals surface area contributed by atoms with E-state index in [4.69, 9.17) is 10.2 Å². The number of benzene rings is 1. The smallest absolute Gasteiger partial charge is 0.356 e. The van der Waals surface area contributed by atoms with E-state index in [1.165, 1.54) is 26.4 Å². The molecular weight excluding hydrogens is 292 g/mol. The van der Waals surface area contributed by atoms with Crippen LogP contribution in [0.5, 0.6) is 0 Å². The summed E-state index contributed by atoms with van der Waals surface area (Å²) in [5.41, 5.74) is 0.953. The van der Waals surface area contributed by atoms with Crippen molar-refractivity contribution in [1.29, 1.82) is 5.41 Å². The molecule has 0 unspecified atom stereocenters. The molecule has 1 N–H and O–H groups in total. The Morgan fingerprint density at radius 2 is 1.70 bits per heavy atom. The lowest BCUT2D eigenvalue weighted by atomic mass is 10.0. The highest BCUT2D eigenvalue weighted by molar-refractivity contribution is 6.42. The number of hydrogen-bond acceptors (Lipinski definition) is 5. The van der Waals surface area contributed by atoms with Crippen molar-refractivity contribution in [3.8, 4) is 0 Å². The predicted octanol–water partition coefficient (Wildman–Crippen LogP) is 4.58. The van der Waals surface area contributed by atoms with Crippen LogP contribution in [0.15, 0.2) is 29.4 Å². The van der Waals surface area contributed by atoms with Crippen molar-refractivity contribution < 1.29 is 14.4 Å². The van der Waals surface area contributed by atoms with Crippen molar-refractivity contribution in [3.63, 3.8) is 0 Å². The van der Waals surface area contributed by atoms with Gasteiger partial charge in [-0.15, -0.1) is 5.16 Å². The minimum Gasteiger partial charge on any atom is -0.464 e. The van der Waals surface area contributed by atoms with E-state index in [1.54, 1.807) is 24.3 Å². The molecule has 130 valence electrons. The van der Waals surface area contributed by atoms with Gasteiger partial charge in [-0.1, -0.05) is 71.2 Å². The van der Waals surface area contributed by atoms with Gasteiger partial charge in [0.05, 0.1) is 7.11 Å². The topological polar surface area (TPSA) is 71.7 Å². The average molecular weight is 322 g/mol. The van der Waals surface area contributed by atoms with Crippen LogP contribution in [0.25, 0.3) is 0 Å². The number of oxime groups is 1. The molecule has 0 heterocycles. The quantitative estimate of drug-likeness (QED) is 0.473. The molecule has 1 aromatic rings. The summed E-state index contributed by atoms with van der Waals surface area (Å²) in [6.45, 7) is 12.0. The first-order valence-electron chi connectivity index (χ1n) is 7.86. The molecule has 0 saturated carbocycles. The molecule has 0 spiro atoms. The molecule has 1 rings (SSSR count). The Morgan fingerprint density at radius 3 is 2.13 bits per heavy atom. The van der Waals surface area contributed by atoms with Crippen molar-refractivity contribution in [2.24, 2.45) is 5.16 Å². The molecule has 0 aromatic heterocycles. The minimum atomic E-state index is -0.681. The fourth-order valence-corrected chi connectivity index (χ4v) is 1.22. The van der Waals surface area contributed by atoms with E-state index in [1.807, 2.05) is 0 Å². The summed E-state index contributed by atoms with van der Waals surface area (Å²) < 4.78 is 4.49. The monoisotopic (exact) mass is 322 g/mol. The van der Waals surface area contributed by atoms with Gasteiger partial charge >= 0.3 is 5.97 Å². The number of methoxy groups -OCH3 is 1. The van der Waals surface area contributed by atoms with E-state index in [9.17, 15) is 4.79 Å². The lowest BCUT2D eigenvalue weighted by molar-refractivity contribution is -0.132. The van der Waals surface area contributed by atoms with Crippen molar-refractivity contribution in [2.45, 2.75) is 53.6 Å². The molecule has 0 aliphatic carbocycles. The van der Waals surface area contributed by atoms with Crippen LogP contribution in [0.4, 0.5) is 0 Å². The molecule has 0 saturated heterocycles. The Labute approximate surface area is 140 Å². The lowest BCUT2D eigenvalue weighted by Gasteiger charge is -2.07. The van der Waals surface area contributed by atoms with Gasteiger partial charge in [0.2, 0.25) is 0 Å². The molecule has 0 bridgehead atoms. The molecular formula is C18H30N2O3. The van der Waals surface area contributed by atoms with Crippen LogP contribution in [0.2, 0.25) is 0 Å². The van der Waals surface area contributed by atoms with Crippen LogP contribution in [-0.2, 0) is 21.0 Å². The van der Waals surface area contributed by atoms with E-state index in [0.717, 1.165) is 0 Å². The summed E-state index contributed by atoms with van der Waals surface area (Å²) in [6.07, 6.45) is 3.89. The predicted molar refractivity (Wildman–Crippen MR) is 96.2 cm³/mol. The number of ether oxygens (including phenoxy) is 1. The second kappa shape index (κ2) is 16.2. The third-order valence-corrected chi connectivity index (χ3v) is 2.49. The van der Waals surface area contributed by atoms with Gasteiger partial charge in [-0.3, -0.25) is 5.41 Å². The fraction of sp³-hybridized carbons (Fsp3) is 0.500. The molecule has 1 aromatic carbocycles. The molecule has 5 nitrogen and oxygen atoms in total. The zero-order valence-corrected chi connectivity index (χ0v) is 15.0. The average Bonchev–Trinajstić information content (AvgIpc) is 2.59. The Kier molecular flexibility index (Phi) is 16.3. The molecule has 0 atom stereocenters. The maximum atomic E-state index is 11.2. The highest BCUT2D eigenvalue weighted by Crippen LogP contribution is 2.11. The number of unbranched alkanes of at least 4 members (excludes halogenated alkanes) is 1. The Bertz CT molecular complexity index is 457. The number of rotatable bonds is 6. The number of nitrogens with zero attached hydrogens (tertiary/aromatic N) is 1. The van der Waals surface area contributed by atoms with Crippen LogP contribution < -0.4 is 0 Å². The maximum absolute atomic E-state index is 11.2. The zero-order valence-electron chi connectivity index (χ0n) is 15.0. The van der Waals surface area contributed by atoms with Crippen LogP contribution in [-0.4, -0.2) is 25.5 Å². The third kappa shape index (κ3) is 11.1. The normalized spacial score (nSPS) is 8.57. The van der Waals surface area contributed by atoms with Crippen molar-refractivity contribution in [1.82, 2.24) is 0 Å². The number of nitrogens with one attached hydrogen (secondary N) is 1. The zero-order chi connectivity index (χ0) is 18.1. The Balaban J connectivity index is 0. The summed E-state index contributed by atoms with van der Waals surface area (Å²) in [6, 6.07) is 6.92. The first-order chi connectivity index (χ1) is 11.0. The summed E-state index contributed by atoms with van der Waals surface area (Å²) in [5, 5.41) is 10.9. The molecule has 0 aliphatic rings. The summed E-state index contributed by atoms with van der Waals surface area (Å²) in [5.74, 6) is -0.681. The van der Waals surface area contributed by atoms with Gasteiger partial charge in [0.25, 0.3) is 0 Å². The molecule has 5 heteroatoms. The standard InChI is InChI=1S/C11H12N2O3.C4H10.C3H8/c1-13-16-7-8-5-3-4-6-9(8)10(12)11(14)15-2;1-3-4-2;1-3-2/h3-6,12H,1,7H2,2H3;3-4H2,1-2H3;3H2,1-2H3. The Hall–Kier alpha value is -2.17. The number of carbonyl (C=O) groups is 1. The van der Waals surface area contributed by atoms with Gasteiger partial charge in [0, 0.05) is 17.8 Å². The van der Waals surface area contributed by atoms with Gasteiger partial charge in [0.15, 0.2) is 0 Å². The highest BCUT2D eigenvalue weighted by atomic mass is 16.6. The van der Waals surface area contributed by atoms with Gasteiger partial charge in [-0.25, -0.2) is 4.79 Å². The summed E-state index contributed by atoms with van der Waals surface area (Å²) in [7, 11) is 1.24. The molecule has 0 radical (unpaired) electrons. The van der Waals surface area contributed by atoms with Crippen LogP contribution >= 0.6 is 0 Å². The molecule has 0 amide bonds. The van der Waals surface area contributed by atoms with Gasteiger partial charge in [0.1, 0.15) is 12.3 Å². The van der Waals surface area contributed by atoms with Crippen molar-refractivity contribution in [3.05, 3.63) is 35.4 Å². The van der Waals surface area contributed by atoms with Crippen LogP contribution in [0, 0.1) is 5.41 Å². The molecule has 23 heavy (non-hydrogen) atoms. The van der Waals surface area contributed by atoms with Crippen LogP contribution in [0.1, 0.15) is 58.1 Å². The van der Waals surface area contributed by atoms with Crippen molar-refractivity contribution >= 4 is 18.4 Å².